The second kappa shape index (κ2) is 5.29. The molecule has 0 spiro atoms. The van der Waals surface area contributed by atoms with Gasteiger partial charge in [-0.05, 0) is 30.9 Å². The molecule has 2 aromatic rings. The second-order valence-corrected chi connectivity index (χ2v) is 3.45. The summed E-state index contributed by atoms with van der Waals surface area (Å²) in [6.07, 6.45) is 12.6. The van der Waals surface area contributed by atoms with Gasteiger partial charge in [0, 0.05) is 24.8 Å². The van der Waals surface area contributed by atoms with Crippen molar-refractivity contribution >= 4 is 0 Å². The second-order valence-electron chi connectivity index (χ2n) is 3.45. The molecule has 0 unspecified atom stereocenters. The van der Waals surface area contributed by atoms with E-state index in [1.807, 2.05) is 29.4 Å². The van der Waals surface area contributed by atoms with Crippen LogP contribution in [0.3, 0.4) is 0 Å². The molecule has 0 aliphatic carbocycles. The number of unbranched alkanes of at least 4 members (excludes halogenated alkanes) is 1. The number of rotatable bonds is 5. The Bertz CT molecular complexity index is 367. The van der Waals surface area contributed by atoms with Gasteiger partial charge in [0.05, 0.1) is 12.9 Å². The molecule has 0 bridgehead atoms. The van der Waals surface area contributed by atoms with Gasteiger partial charge in [0.25, 0.3) is 0 Å². The van der Waals surface area contributed by atoms with Crippen molar-refractivity contribution in [2.45, 2.75) is 19.3 Å². The van der Waals surface area contributed by atoms with E-state index in [1.54, 1.807) is 12.4 Å². The number of aromatic nitrogens is 3. The molecule has 0 atom stereocenters. The summed E-state index contributed by atoms with van der Waals surface area (Å²) < 4.78 is 1.99. The first kappa shape index (κ1) is 9.90. The summed E-state index contributed by atoms with van der Waals surface area (Å²) in [5, 5.41) is 0. The topological polar surface area (TPSA) is 30.7 Å². The molecule has 3 heteroatoms. The van der Waals surface area contributed by atoms with E-state index in [1.165, 1.54) is 5.56 Å². The van der Waals surface area contributed by atoms with Gasteiger partial charge in [-0.25, -0.2) is 4.98 Å². The number of imidazole rings is 1. The van der Waals surface area contributed by atoms with Crippen LogP contribution in [0, 0.1) is 6.54 Å². The Hall–Kier alpha value is -1.64. The van der Waals surface area contributed by atoms with E-state index in [2.05, 4.69) is 22.6 Å². The summed E-state index contributed by atoms with van der Waals surface area (Å²) >= 11 is 0. The zero-order valence-corrected chi connectivity index (χ0v) is 8.58. The van der Waals surface area contributed by atoms with E-state index >= 15 is 0 Å². The first-order valence-corrected chi connectivity index (χ1v) is 5.15. The maximum absolute atomic E-state index is 4.09. The molecule has 0 fully saturated rings. The first-order valence-electron chi connectivity index (χ1n) is 5.15. The zero-order valence-electron chi connectivity index (χ0n) is 8.58. The van der Waals surface area contributed by atoms with E-state index in [0.29, 0.717) is 0 Å². The molecule has 0 amide bonds. The molecule has 2 rings (SSSR count). The minimum Gasteiger partial charge on any atom is -0.332 e. The van der Waals surface area contributed by atoms with Crippen molar-refractivity contribution in [1.82, 2.24) is 14.5 Å². The molecule has 0 aliphatic rings. The Morgan fingerprint density at radius 3 is 3.00 bits per heavy atom. The third-order valence-corrected chi connectivity index (χ3v) is 2.26. The predicted molar refractivity (Wildman–Crippen MR) is 59.1 cm³/mol. The Kier molecular flexibility index (Phi) is 3.49. The number of hydrogen-bond donors (Lipinski definition) is 0. The smallest absolute Gasteiger partial charge is 0.0949 e. The molecular formula is C12H14N3. The minimum atomic E-state index is 1.06. The standard InChI is InChI=1S/C12H14N3/c1(2-8-15-9-7-14-11-15)4-12-5-3-6-13-10-12/h3,5-11H,1-2,4H2. The highest BCUT2D eigenvalue weighted by Crippen LogP contribution is 2.05. The van der Waals surface area contributed by atoms with Crippen LogP contribution < -0.4 is 0 Å². The van der Waals surface area contributed by atoms with Gasteiger partial charge in [0.15, 0.2) is 0 Å². The number of pyridine rings is 1. The lowest BCUT2D eigenvalue weighted by Gasteiger charge is -2.01. The van der Waals surface area contributed by atoms with E-state index in [4.69, 9.17) is 0 Å². The van der Waals surface area contributed by atoms with Gasteiger partial charge in [-0.3, -0.25) is 4.98 Å². The fourth-order valence-corrected chi connectivity index (χ4v) is 1.47. The predicted octanol–water partition coefficient (Wildman–Crippen LogP) is 2.31. The van der Waals surface area contributed by atoms with Crippen LogP contribution in [0.4, 0.5) is 0 Å². The van der Waals surface area contributed by atoms with E-state index < -0.39 is 0 Å². The lowest BCUT2D eigenvalue weighted by molar-refractivity contribution is 0.746. The van der Waals surface area contributed by atoms with Crippen molar-refractivity contribution in [1.29, 1.82) is 0 Å². The molecule has 0 N–H and O–H groups in total. The maximum atomic E-state index is 4.09. The summed E-state index contributed by atoms with van der Waals surface area (Å²) in [6, 6.07) is 4.10. The Morgan fingerprint density at radius 1 is 1.27 bits per heavy atom. The molecule has 0 saturated heterocycles. The summed E-state index contributed by atoms with van der Waals surface area (Å²) in [5.74, 6) is 0. The normalized spacial score (nSPS) is 10.4. The highest BCUT2D eigenvalue weighted by Gasteiger charge is 1.94. The van der Waals surface area contributed by atoms with E-state index in [9.17, 15) is 0 Å². The van der Waals surface area contributed by atoms with Crippen LogP contribution in [0.15, 0.2) is 43.2 Å². The van der Waals surface area contributed by atoms with Crippen molar-refractivity contribution in [2.24, 2.45) is 0 Å². The summed E-state index contributed by atoms with van der Waals surface area (Å²) in [6.45, 7) is 2.14. The Morgan fingerprint density at radius 2 is 2.27 bits per heavy atom. The van der Waals surface area contributed by atoms with E-state index in [0.717, 1.165) is 19.3 Å². The van der Waals surface area contributed by atoms with Crippen LogP contribution in [0.25, 0.3) is 0 Å². The molecule has 2 aromatic heterocycles. The largest absolute Gasteiger partial charge is 0.332 e. The average Bonchev–Trinajstić information content (AvgIpc) is 2.79. The molecule has 0 saturated carbocycles. The fraction of sp³-hybridized carbons (Fsp3) is 0.250. The number of nitrogens with zero attached hydrogens (tertiary/aromatic N) is 3. The average molecular weight is 200 g/mol. The molecule has 0 aliphatic heterocycles. The van der Waals surface area contributed by atoms with Crippen LogP contribution in [0.2, 0.25) is 0 Å². The molecule has 77 valence electrons. The van der Waals surface area contributed by atoms with Crippen LogP contribution in [-0.2, 0) is 6.42 Å². The zero-order chi connectivity index (χ0) is 10.3. The van der Waals surface area contributed by atoms with Crippen molar-refractivity contribution in [3.8, 4) is 0 Å². The summed E-state index contributed by atoms with van der Waals surface area (Å²) in [7, 11) is 0. The fourth-order valence-electron chi connectivity index (χ4n) is 1.47. The van der Waals surface area contributed by atoms with Gasteiger partial charge in [-0.2, -0.15) is 0 Å². The highest BCUT2D eigenvalue weighted by molar-refractivity contribution is 5.08. The van der Waals surface area contributed by atoms with Crippen molar-refractivity contribution < 1.29 is 0 Å². The lowest BCUT2D eigenvalue weighted by Crippen LogP contribution is -1.93. The third-order valence-electron chi connectivity index (χ3n) is 2.26. The first-order chi connectivity index (χ1) is 7.45. The third kappa shape index (κ3) is 3.20. The number of aryl methyl sites for hydroxylation is 1. The maximum Gasteiger partial charge on any atom is 0.0949 e. The molecular weight excluding hydrogens is 186 g/mol. The van der Waals surface area contributed by atoms with Gasteiger partial charge < -0.3 is 4.57 Å². The Labute approximate surface area is 89.8 Å². The number of hydrogen-bond acceptors (Lipinski definition) is 2. The van der Waals surface area contributed by atoms with Gasteiger partial charge >= 0.3 is 0 Å². The van der Waals surface area contributed by atoms with Crippen LogP contribution in [0.1, 0.15) is 18.4 Å². The molecule has 3 nitrogen and oxygen atoms in total. The SMILES string of the molecule is [CH](CCCc1cccnc1)n1ccnc1. The Balaban J connectivity index is 1.68. The van der Waals surface area contributed by atoms with Crippen molar-refractivity contribution in [2.75, 3.05) is 0 Å². The molecule has 0 aromatic carbocycles. The summed E-state index contributed by atoms with van der Waals surface area (Å²) in [5.41, 5.74) is 1.30. The quantitative estimate of drug-likeness (QED) is 0.693. The lowest BCUT2D eigenvalue weighted by atomic mass is 10.1. The summed E-state index contributed by atoms with van der Waals surface area (Å²) in [4.78, 5) is 8.07. The molecule has 15 heavy (non-hydrogen) atoms. The van der Waals surface area contributed by atoms with Gasteiger partial charge in [0.2, 0.25) is 0 Å². The van der Waals surface area contributed by atoms with Crippen LogP contribution >= 0.6 is 0 Å². The molecule has 2 heterocycles. The van der Waals surface area contributed by atoms with Crippen LogP contribution in [-0.4, -0.2) is 14.5 Å². The van der Waals surface area contributed by atoms with E-state index in [-0.39, 0.29) is 0 Å². The van der Waals surface area contributed by atoms with Crippen molar-refractivity contribution in [3.63, 3.8) is 0 Å². The van der Waals surface area contributed by atoms with Crippen molar-refractivity contribution in [3.05, 3.63) is 55.4 Å². The van der Waals surface area contributed by atoms with Gasteiger partial charge in [0.1, 0.15) is 0 Å². The van der Waals surface area contributed by atoms with Crippen LogP contribution in [0.5, 0.6) is 0 Å². The van der Waals surface area contributed by atoms with Gasteiger partial charge in [-0.15, -0.1) is 0 Å². The highest BCUT2D eigenvalue weighted by atomic mass is 15.0. The molecule has 1 radical (unpaired) electrons. The monoisotopic (exact) mass is 200 g/mol. The minimum absolute atomic E-state index is 1.06. The van der Waals surface area contributed by atoms with Gasteiger partial charge in [-0.1, -0.05) is 6.07 Å².